The number of rotatable bonds is 8. The molecule has 6 nitrogen and oxygen atoms in total. The van der Waals surface area contributed by atoms with E-state index in [2.05, 4.69) is 20.5 Å². The first-order valence-corrected chi connectivity index (χ1v) is 9.35. The van der Waals surface area contributed by atoms with Gasteiger partial charge in [0.1, 0.15) is 12.1 Å². The molecule has 134 valence electrons. The number of H-pyrrole nitrogens is 1. The largest absolute Gasteiger partial charge is 0.491 e. The Kier molecular flexibility index (Phi) is 6.27. The molecule has 0 spiro atoms. The standard InChI is InChI=1S/C19H20N4O2S/c1-2-11-25-17-6-4-3-5-16(17)22-18(24)15-9-7-14(8-10-15)12-26-19-20-13-21-23-19/h3-10,13H,2,11-12H2,1H3,(H,22,24)(H,20,21,23). The van der Waals surface area contributed by atoms with Crippen molar-refractivity contribution in [2.24, 2.45) is 0 Å². The normalized spacial score (nSPS) is 10.5. The van der Waals surface area contributed by atoms with E-state index in [1.54, 1.807) is 11.8 Å². The summed E-state index contributed by atoms with van der Waals surface area (Å²) in [6.45, 7) is 2.66. The molecule has 2 N–H and O–H groups in total. The van der Waals surface area contributed by atoms with Crippen molar-refractivity contribution in [2.75, 3.05) is 11.9 Å². The lowest BCUT2D eigenvalue weighted by Gasteiger charge is -2.12. The van der Waals surface area contributed by atoms with Crippen LogP contribution in [0, 0.1) is 0 Å². The van der Waals surface area contributed by atoms with Gasteiger partial charge in [-0.2, -0.15) is 5.10 Å². The summed E-state index contributed by atoms with van der Waals surface area (Å²) in [5, 5.41) is 10.3. The molecule has 26 heavy (non-hydrogen) atoms. The van der Waals surface area contributed by atoms with E-state index in [0.29, 0.717) is 23.6 Å². The summed E-state index contributed by atoms with van der Waals surface area (Å²) in [6.07, 6.45) is 2.40. The van der Waals surface area contributed by atoms with Crippen LogP contribution >= 0.6 is 11.8 Å². The molecule has 0 bridgehead atoms. The lowest BCUT2D eigenvalue weighted by Crippen LogP contribution is -2.13. The van der Waals surface area contributed by atoms with Crippen molar-refractivity contribution in [3.8, 4) is 5.75 Å². The van der Waals surface area contributed by atoms with Crippen molar-refractivity contribution in [3.63, 3.8) is 0 Å². The number of carbonyl (C=O) groups is 1. The molecule has 1 aromatic heterocycles. The molecule has 0 radical (unpaired) electrons. The Morgan fingerprint density at radius 1 is 1.19 bits per heavy atom. The summed E-state index contributed by atoms with van der Waals surface area (Å²) in [7, 11) is 0. The van der Waals surface area contributed by atoms with E-state index in [9.17, 15) is 4.79 Å². The van der Waals surface area contributed by atoms with Gasteiger partial charge in [-0.25, -0.2) is 4.98 Å². The minimum absolute atomic E-state index is 0.160. The minimum atomic E-state index is -0.160. The van der Waals surface area contributed by atoms with E-state index in [-0.39, 0.29) is 5.91 Å². The second-order valence-electron chi connectivity index (χ2n) is 5.57. The van der Waals surface area contributed by atoms with Gasteiger partial charge in [-0.3, -0.25) is 9.89 Å². The summed E-state index contributed by atoms with van der Waals surface area (Å²) >= 11 is 1.56. The molecule has 0 aliphatic rings. The Bertz CT molecular complexity index is 835. The number of thioether (sulfide) groups is 1. The average Bonchev–Trinajstić information content (AvgIpc) is 3.20. The Morgan fingerprint density at radius 3 is 2.73 bits per heavy atom. The number of amides is 1. The van der Waals surface area contributed by atoms with Crippen molar-refractivity contribution < 1.29 is 9.53 Å². The van der Waals surface area contributed by atoms with Crippen molar-refractivity contribution in [3.05, 3.63) is 66.0 Å². The highest BCUT2D eigenvalue weighted by Gasteiger charge is 2.10. The maximum absolute atomic E-state index is 12.5. The molecule has 3 aromatic rings. The van der Waals surface area contributed by atoms with E-state index >= 15 is 0 Å². The molecule has 7 heteroatoms. The number of nitrogens with zero attached hydrogens (tertiary/aromatic N) is 2. The van der Waals surface area contributed by atoms with Gasteiger partial charge < -0.3 is 10.1 Å². The maximum atomic E-state index is 12.5. The van der Waals surface area contributed by atoms with Crippen LogP contribution in [0.15, 0.2) is 60.0 Å². The fourth-order valence-electron chi connectivity index (χ4n) is 2.27. The summed E-state index contributed by atoms with van der Waals surface area (Å²) in [5.41, 5.74) is 2.38. The number of carbonyl (C=O) groups excluding carboxylic acids is 1. The van der Waals surface area contributed by atoms with Crippen molar-refractivity contribution >= 4 is 23.4 Å². The smallest absolute Gasteiger partial charge is 0.255 e. The molecule has 2 aromatic carbocycles. The van der Waals surface area contributed by atoms with Crippen LogP contribution in [-0.2, 0) is 5.75 Å². The van der Waals surface area contributed by atoms with Gasteiger partial charge in [0, 0.05) is 11.3 Å². The first-order valence-electron chi connectivity index (χ1n) is 8.36. The Hall–Kier alpha value is -2.80. The first-order chi connectivity index (χ1) is 12.8. The van der Waals surface area contributed by atoms with Crippen LogP contribution < -0.4 is 10.1 Å². The van der Waals surface area contributed by atoms with Crippen molar-refractivity contribution in [1.29, 1.82) is 0 Å². The van der Waals surface area contributed by atoms with Gasteiger partial charge in [-0.15, -0.1) is 0 Å². The van der Waals surface area contributed by atoms with Crippen LogP contribution in [0.4, 0.5) is 5.69 Å². The van der Waals surface area contributed by atoms with E-state index in [0.717, 1.165) is 22.9 Å². The molecule has 0 saturated heterocycles. The average molecular weight is 368 g/mol. The number of hydrogen-bond donors (Lipinski definition) is 2. The molecule has 0 aliphatic heterocycles. The highest BCUT2D eigenvalue weighted by molar-refractivity contribution is 7.98. The quantitative estimate of drug-likeness (QED) is 0.584. The van der Waals surface area contributed by atoms with Crippen molar-refractivity contribution in [2.45, 2.75) is 24.3 Å². The zero-order valence-electron chi connectivity index (χ0n) is 14.4. The van der Waals surface area contributed by atoms with Gasteiger partial charge in [0.15, 0.2) is 5.16 Å². The van der Waals surface area contributed by atoms with Crippen molar-refractivity contribution in [1.82, 2.24) is 15.2 Å². The number of aromatic amines is 1. The first kappa shape index (κ1) is 18.0. The second-order valence-corrected chi connectivity index (χ2v) is 6.54. The molecule has 1 heterocycles. The number of aromatic nitrogens is 3. The third-order valence-electron chi connectivity index (χ3n) is 3.58. The SMILES string of the molecule is CCCOc1ccccc1NC(=O)c1ccc(CSc2ncn[nH]2)cc1. The molecule has 0 fully saturated rings. The van der Waals surface area contributed by atoms with E-state index < -0.39 is 0 Å². The summed E-state index contributed by atoms with van der Waals surface area (Å²) in [5.74, 6) is 1.28. The van der Waals surface area contributed by atoms with Gasteiger partial charge in [-0.1, -0.05) is 43.0 Å². The van der Waals surface area contributed by atoms with E-state index in [1.807, 2.05) is 55.5 Å². The third kappa shape index (κ3) is 4.86. The van der Waals surface area contributed by atoms with Crippen LogP contribution in [-0.4, -0.2) is 27.7 Å². The predicted molar refractivity (Wildman–Crippen MR) is 103 cm³/mol. The van der Waals surface area contributed by atoms with E-state index in [4.69, 9.17) is 4.74 Å². The maximum Gasteiger partial charge on any atom is 0.255 e. The molecular weight excluding hydrogens is 348 g/mol. The number of hydrogen-bond acceptors (Lipinski definition) is 5. The minimum Gasteiger partial charge on any atom is -0.491 e. The van der Waals surface area contributed by atoms with Gasteiger partial charge in [0.05, 0.1) is 12.3 Å². The summed E-state index contributed by atoms with van der Waals surface area (Å²) < 4.78 is 5.68. The Labute approximate surface area is 156 Å². The number of ether oxygens (including phenoxy) is 1. The van der Waals surface area contributed by atoms with Gasteiger partial charge >= 0.3 is 0 Å². The molecule has 1 amide bonds. The van der Waals surface area contributed by atoms with Crippen LogP contribution in [0.3, 0.4) is 0 Å². The number of anilines is 1. The number of benzene rings is 2. The van der Waals surface area contributed by atoms with Crippen LogP contribution in [0.2, 0.25) is 0 Å². The molecule has 0 aliphatic carbocycles. The Morgan fingerprint density at radius 2 is 2.00 bits per heavy atom. The molecule has 0 atom stereocenters. The second kappa shape index (κ2) is 9.05. The molecule has 0 unspecified atom stereocenters. The summed E-state index contributed by atoms with van der Waals surface area (Å²) in [4.78, 5) is 16.6. The lowest BCUT2D eigenvalue weighted by molar-refractivity contribution is 0.102. The topological polar surface area (TPSA) is 79.9 Å². The monoisotopic (exact) mass is 368 g/mol. The molecule has 3 rings (SSSR count). The van der Waals surface area contributed by atoms with Crippen LogP contribution in [0.25, 0.3) is 0 Å². The van der Waals surface area contributed by atoms with E-state index in [1.165, 1.54) is 6.33 Å². The van der Waals surface area contributed by atoms with Gasteiger partial charge in [-0.05, 0) is 36.2 Å². The fourth-order valence-corrected chi connectivity index (χ4v) is 3.00. The molecular formula is C19H20N4O2S. The summed E-state index contributed by atoms with van der Waals surface area (Å²) in [6, 6.07) is 15.0. The zero-order valence-corrected chi connectivity index (χ0v) is 15.3. The van der Waals surface area contributed by atoms with Crippen LogP contribution in [0.1, 0.15) is 29.3 Å². The Balaban J connectivity index is 1.61. The zero-order chi connectivity index (χ0) is 18.2. The third-order valence-corrected chi connectivity index (χ3v) is 4.53. The predicted octanol–water partition coefficient (Wildman–Crippen LogP) is 4.14. The lowest BCUT2D eigenvalue weighted by atomic mass is 10.1. The highest BCUT2D eigenvalue weighted by atomic mass is 32.2. The molecule has 0 saturated carbocycles. The van der Waals surface area contributed by atoms with Crippen LogP contribution in [0.5, 0.6) is 5.75 Å². The highest BCUT2D eigenvalue weighted by Crippen LogP contribution is 2.25. The number of nitrogens with one attached hydrogen (secondary N) is 2. The van der Waals surface area contributed by atoms with Gasteiger partial charge in [0.2, 0.25) is 0 Å². The number of para-hydroxylation sites is 2. The van der Waals surface area contributed by atoms with Gasteiger partial charge in [0.25, 0.3) is 5.91 Å². The fraction of sp³-hybridized carbons (Fsp3) is 0.211.